The van der Waals surface area contributed by atoms with Gasteiger partial charge in [-0.1, -0.05) is 12.1 Å². The van der Waals surface area contributed by atoms with Crippen molar-refractivity contribution in [3.05, 3.63) is 35.4 Å². The van der Waals surface area contributed by atoms with E-state index in [1.807, 2.05) is 38.1 Å². The predicted octanol–water partition coefficient (Wildman–Crippen LogP) is 3.81. The Hall–Kier alpha value is -1.39. The third kappa shape index (κ3) is 6.44. The number of hydrogen-bond acceptors (Lipinski definition) is 3. The van der Waals surface area contributed by atoms with Crippen molar-refractivity contribution < 1.29 is 14.6 Å². The van der Waals surface area contributed by atoms with Crippen LogP contribution < -0.4 is 0 Å². The third-order valence-corrected chi connectivity index (χ3v) is 4.97. The van der Waals surface area contributed by atoms with Gasteiger partial charge in [0.05, 0.1) is 5.60 Å². The molecule has 1 aromatic rings. The van der Waals surface area contributed by atoms with Crippen LogP contribution in [0.2, 0.25) is 0 Å². The largest absolute Gasteiger partial charge is 0.390 e. The summed E-state index contributed by atoms with van der Waals surface area (Å²) in [5, 5.41) is 9.91. The van der Waals surface area contributed by atoms with E-state index in [2.05, 4.69) is 4.90 Å². The number of ether oxygens (including phenoxy) is 1. The minimum absolute atomic E-state index is 0.146. The molecule has 1 amide bonds. The molecule has 0 radical (unpaired) electrons. The topological polar surface area (TPSA) is 49.8 Å². The van der Waals surface area contributed by atoms with Crippen molar-refractivity contribution in [2.45, 2.75) is 70.4 Å². The monoisotopic (exact) mass is 347 g/mol. The first-order chi connectivity index (χ1) is 11.9. The Balaban J connectivity index is 2.04. The molecule has 1 aliphatic rings. The van der Waals surface area contributed by atoms with E-state index in [0.29, 0.717) is 12.5 Å². The van der Waals surface area contributed by atoms with Crippen molar-refractivity contribution in [3.8, 4) is 0 Å². The average molecular weight is 347 g/mol. The number of carbonyl (C=O) groups is 1. The SMILES string of the molecule is COCCCC1CCCCN1C(=O)c1cccc(CCC(C)(C)O)c1. The van der Waals surface area contributed by atoms with E-state index in [4.69, 9.17) is 4.74 Å². The number of aliphatic hydroxyl groups is 1. The summed E-state index contributed by atoms with van der Waals surface area (Å²) in [4.78, 5) is 15.1. The summed E-state index contributed by atoms with van der Waals surface area (Å²) in [5.74, 6) is 0.146. The second-order valence-electron chi connectivity index (χ2n) is 7.80. The number of nitrogens with zero attached hydrogens (tertiary/aromatic N) is 1. The van der Waals surface area contributed by atoms with Crippen LogP contribution in [0.1, 0.15) is 68.3 Å². The van der Waals surface area contributed by atoms with Gasteiger partial charge in [0.2, 0.25) is 0 Å². The zero-order chi connectivity index (χ0) is 18.3. The van der Waals surface area contributed by atoms with Gasteiger partial charge in [-0.05, 0) is 76.5 Å². The smallest absolute Gasteiger partial charge is 0.254 e. The molecule has 4 heteroatoms. The molecular formula is C21H33NO3. The minimum Gasteiger partial charge on any atom is -0.390 e. The van der Waals surface area contributed by atoms with Crippen molar-refractivity contribution in [1.29, 1.82) is 0 Å². The molecule has 0 saturated carbocycles. The molecule has 0 aliphatic carbocycles. The lowest BCUT2D eigenvalue weighted by molar-refractivity contribution is 0.0585. The highest BCUT2D eigenvalue weighted by Gasteiger charge is 2.27. The molecule has 0 bridgehead atoms. The van der Waals surface area contributed by atoms with E-state index in [1.54, 1.807) is 7.11 Å². The lowest BCUT2D eigenvalue weighted by Crippen LogP contribution is -2.43. The molecule has 25 heavy (non-hydrogen) atoms. The fourth-order valence-corrected chi connectivity index (χ4v) is 3.51. The van der Waals surface area contributed by atoms with Crippen molar-refractivity contribution in [2.75, 3.05) is 20.3 Å². The molecule has 1 aromatic carbocycles. The van der Waals surface area contributed by atoms with Gasteiger partial charge >= 0.3 is 0 Å². The molecule has 1 N–H and O–H groups in total. The van der Waals surface area contributed by atoms with E-state index in [9.17, 15) is 9.90 Å². The number of methoxy groups -OCH3 is 1. The maximum absolute atomic E-state index is 13.0. The molecular weight excluding hydrogens is 314 g/mol. The molecule has 140 valence electrons. The number of carbonyl (C=O) groups excluding carboxylic acids is 1. The van der Waals surface area contributed by atoms with Gasteiger partial charge in [-0.25, -0.2) is 0 Å². The summed E-state index contributed by atoms with van der Waals surface area (Å²) in [6, 6.07) is 8.23. The van der Waals surface area contributed by atoms with E-state index in [0.717, 1.165) is 56.4 Å². The summed E-state index contributed by atoms with van der Waals surface area (Å²) in [7, 11) is 1.73. The van der Waals surface area contributed by atoms with Gasteiger partial charge in [0.15, 0.2) is 0 Å². The quantitative estimate of drug-likeness (QED) is 0.728. The molecule has 1 atom stereocenters. The average Bonchev–Trinajstić information content (AvgIpc) is 2.60. The second kappa shape index (κ2) is 9.35. The maximum Gasteiger partial charge on any atom is 0.254 e. The number of rotatable bonds is 8. The summed E-state index contributed by atoms with van der Waals surface area (Å²) in [6.45, 7) is 5.25. The number of hydrogen-bond donors (Lipinski definition) is 1. The molecule has 1 aliphatic heterocycles. The molecule has 0 aromatic heterocycles. The first-order valence-corrected chi connectivity index (χ1v) is 9.52. The number of benzene rings is 1. The molecule has 1 fully saturated rings. The normalized spacial score (nSPS) is 18.4. The Morgan fingerprint density at radius 1 is 1.36 bits per heavy atom. The maximum atomic E-state index is 13.0. The minimum atomic E-state index is -0.681. The van der Waals surface area contributed by atoms with Gasteiger partial charge < -0.3 is 14.7 Å². The molecule has 2 rings (SSSR count). The van der Waals surface area contributed by atoms with Crippen molar-refractivity contribution in [3.63, 3.8) is 0 Å². The molecule has 0 spiro atoms. The van der Waals surface area contributed by atoms with E-state index < -0.39 is 5.60 Å². The molecule has 1 saturated heterocycles. The van der Waals surface area contributed by atoms with Crippen LogP contribution in [0, 0.1) is 0 Å². The highest BCUT2D eigenvalue weighted by Crippen LogP contribution is 2.24. The van der Waals surface area contributed by atoms with Gasteiger partial charge in [-0.2, -0.15) is 0 Å². The highest BCUT2D eigenvalue weighted by atomic mass is 16.5. The first-order valence-electron chi connectivity index (χ1n) is 9.52. The van der Waals surface area contributed by atoms with Crippen molar-refractivity contribution >= 4 is 5.91 Å². The molecule has 1 heterocycles. The lowest BCUT2D eigenvalue weighted by atomic mass is 9.95. The van der Waals surface area contributed by atoms with Crippen LogP contribution in [0.25, 0.3) is 0 Å². The van der Waals surface area contributed by atoms with Crippen LogP contribution >= 0.6 is 0 Å². The van der Waals surface area contributed by atoms with Crippen LogP contribution in [0.15, 0.2) is 24.3 Å². The van der Waals surface area contributed by atoms with Crippen LogP contribution in [-0.2, 0) is 11.2 Å². The molecule has 1 unspecified atom stereocenters. The fourth-order valence-electron chi connectivity index (χ4n) is 3.51. The van der Waals surface area contributed by atoms with E-state index in [1.165, 1.54) is 6.42 Å². The Kier molecular flexibility index (Phi) is 7.45. The number of aryl methyl sites for hydroxylation is 1. The lowest BCUT2D eigenvalue weighted by Gasteiger charge is -2.36. The van der Waals surface area contributed by atoms with Crippen LogP contribution in [-0.4, -0.2) is 47.8 Å². The summed E-state index contributed by atoms with van der Waals surface area (Å²) >= 11 is 0. The predicted molar refractivity (Wildman–Crippen MR) is 101 cm³/mol. The Bertz CT molecular complexity index is 550. The van der Waals surface area contributed by atoms with Gasteiger partial charge in [-0.15, -0.1) is 0 Å². The standard InChI is InChI=1S/C21H33NO3/c1-21(2,24)13-12-17-8-6-9-18(16-17)20(23)22-14-5-4-10-19(22)11-7-15-25-3/h6,8-9,16,19,24H,4-5,7,10-15H2,1-3H3. The van der Waals surface area contributed by atoms with Gasteiger partial charge in [-0.3, -0.25) is 4.79 Å². The van der Waals surface area contributed by atoms with Crippen molar-refractivity contribution in [1.82, 2.24) is 4.90 Å². The van der Waals surface area contributed by atoms with Crippen molar-refractivity contribution in [2.24, 2.45) is 0 Å². The van der Waals surface area contributed by atoms with Gasteiger partial charge in [0.25, 0.3) is 5.91 Å². The zero-order valence-corrected chi connectivity index (χ0v) is 16.0. The molecule has 4 nitrogen and oxygen atoms in total. The van der Waals surface area contributed by atoms with E-state index >= 15 is 0 Å². The third-order valence-electron chi connectivity index (χ3n) is 4.97. The second-order valence-corrected chi connectivity index (χ2v) is 7.80. The van der Waals surface area contributed by atoms with Gasteiger partial charge in [0.1, 0.15) is 0 Å². The van der Waals surface area contributed by atoms with Crippen LogP contribution in [0.4, 0.5) is 0 Å². The van der Waals surface area contributed by atoms with Gasteiger partial charge in [0, 0.05) is 31.9 Å². The highest BCUT2D eigenvalue weighted by molar-refractivity contribution is 5.94. The Labute approximate surface area is 152 Å². The number of likely N-dealkylation sites (tertiary alicyclic amines) is 1. The first kappa shape index (κ1) is 19.9. The zero-order valence-electron chi connectivity index (χ0n) is 16.0. The van der Waals surface area contributed by atoms with Crippen LogP contribution in [0.5, 0.6) is 0 Å². The summed E-state index contributed by atoms with van der Waals surface area (Å²) < 4.78 is 5.16. The number of amides is 1. The number of piperidine rings is 1. The fraction of sp³-hybridized carbons (Fsp3) is 0.667. The van der Waals surface area contributed by atoms with E-state index in [-0.39, 0.29) is 5.91 Å². The summed E-state index contributed by atoms with van der Waals surface area (Å²) in [6.07, 6.45) is 6.86. The Morgan fingerprint density at radius 2 is 2.16 bits per heavy atom. The Morgan fingerprint density at radius 3 is 2.88 bits per heavy atom. The van der Waals surface area contributed by atoms with Crippen LogP contribution in [0.3, 0.4) is 0 Å². The summed E-state index contributed by atoms with van der Waals surface area (Å²) in [5.41, 5.74) is 1.20.